The van der Waals surface area contributed by atoms with Crippen LogP contribution in [0.1, 0.15) is 16.7 Å². The van der Waals surface area contributed by atoms with Gasteiger partial charge in [-0.05, 0) is 41.8 Å². The predicted molar refractivity (Wildman–Crippen MR) is 75.5 cm³/mol. The number of nitrogens with two attached hydrogens (primary N) is 1. The van der Waals surface area contributed by atoms with Crippen molar-refractivity contribution in [3.8, 4) is 0 Å². The van der Waals surface area contributed by atoms with Crippen LogP contribution in [0, 0.1) is 5.82 Å². The van der Waals surface area contributed by atoms with Gasteiger partial charge in [0.1, 0.15) is 5.82 Å². The fourth-order valence-corrected chi connectivity index (χ4v) is 2.63. The van der Waals surface area contributed by atoms with Crippen LogP contribution in [0.5, 0.6) is 0 Å². The van der Waals surface area contributed by atoms with Crippen molar-refractivity contribution in [1.29, 1.82) is 0 Å². The lowest BCUT2D eigenvalue weighted by atomic mass is 10.1. The molecule has 2 aromatic rings. The van der Waals surface area contributed by atoms with Crippen LogP contribution in [0.2, 0.25) is 0 Å². The molecule has 1 aliphatic rings. The summed E-state index contributed by atoms with van der Waals surface area (Å²) in [5.41, 5.74) is 9.70. The molecule has 19 heavy (non-hydrogen) atoms. The molecule has 1 heterocycles. The molecule has 1 aliphatic heterocycles. The number of benzene rings is 2. The van der Waals surface area contributed by atoms with Gasteiger partial charge >= 0.3 is 0 Å². The van der Waals surface area contributed by atoms with Crippen LogP contribution in [-0.4, -0.2) is 6.54 Å². The molecule has 0 aromatic heterocycles. The van der Waals surface area contributed by atoms with E-state index in [-0.39, 0.29) is 5.82 Å². The van der Waals surface area contributed by atoms with E-state index in [1.807, 2.05) is 24.3 Å². The summed E-state index contributed by atoms with van der Waals surface area (Å²) < 4.78 is 14.2. The van der Waals surface area contributed by atoms with E-state index >= 15 is 0 Å². The monoisotopic (exact) mass is 256 g/mol. The van der Waals surface area contributed by atoms with E-state index in [0.29, 0.717) is 12.2 Å². The summed E-state index contributed by atoms with van der Waals surface area (Å²) in [6.45, 7) is 2.11. The second-order valence-electron chi connectivity index (χ2n) is 4.95. The largest absolute Gasteiger partial charge is 0.360 e. The zero-order valence-electron chi connectivity index (χ0n) is 10.8. The first-order valence-electron chi connectivity index (χ1n) is 6.58. The van der Waals surface area contributed by atoms with Crippen LogP contribution in [0.3, 0.4) is 0 Å². The summed E-state index contributed by atoms with van der Waals surface area (Å²) in [7, 11) is 0. The number of rotatable bonds is 3. The van der Waals surface area contributed by atoms with Crippen molar-refractivity contribution >= 4 is 5.69 Å². The first-order valence-corrected chi connectivity index (χ1v) is 6.58. The van der Waals surface area contributed by atoms with E-state index in [2.05, 4.69) is 17.0 Å². The molecule has 2 aromatic carbocycles. The maximum Gasteiger partial charge on any atom is 0.146 e. The van der Waals surface area contributed by atoms with Gasteiger partial charge in [0.15, 0.2) is 0 Å². The highest BCUT2D eigenvalue weighted by Gasteiger charge is 2.20. The topological polar surface area (TPSA) is 29.3 Å². The van der Waals surface area contributed by atoms with Crippen molar-refractivity contribution in [3.63, 3.8) is 0 Å². The van der Waals surface area contributed by atoms with Gasteiger partial charge in [-0.25, -0.2) is 4.39 Å². The van der Waals surface area contributed by atoms with Gasteiger partial charge in [-0.2, -0.15) is 0 Å². The lowest BCUT2D eigenvalue weighted by molar-refractivity contribution is 0.617. The lowest BCUT2D eigenvalue weighted by Gasteiger charge is -2.19. The molecule has 0 fully saturated rings. The molecule has 0 saturated heterocycles. The second-order valence-corrected chi connectivity index (χ2v) is 4.95. The van der Waals surface area contributed by atoms with Gasteiger partial charge in [0, 0.05) is 13.1 Å². The number of anilines is 1. The smallest absolute Gasteiger partial charge is 0.146 e. The Hall–Kier alpha value is -1.87. The summed E-state index contributed by atoms with van der Waals surface area (Å²) in [6.07, 6.45) is 0.720. The highest BCUT2D eigenvalue weighted by Crippen LogP contribution is 2.30. The molecule has 2 N–H and O–H groups in total. The Labute approximate surface area is 112 Å². The molecular weight excluding hydrogens is 239 g/mol. The summed E-state index contributed by atoms with van der Waals surface area (Å²) in [5.74, 6) is -0.154. The molecule has 3 heteroatoms. The molecule has 0 bridgehead atoms. The summed E-state index contributed by atoms with van der Waals surface area (Å²) in [6, 6.07) is 13.7. The molecule has 98 valence electrons. The van der Waals surface area contributed by atoms with Crippen molar-refractivity contribution in [2.24, 2.45) is 5.73 Å². The van der Waals surface area contributed by atoms with Crippen molar-refractivity contribution < 1.29 is 4.39 Å². The fraction of sp³-hybridized carbons (Fsp3) is 0.250. The maximum atomic E-state index is 14.2. The van der Waals surface area contributed by atoms with Crippen LogP contribution in [0.4, 0.5) is 10.1 Å². The Kier molecular flexibility index (Phi) is 3.22. The molecule has 0 atom stereocenters. The van der Waals surface area contributed by atoms with E-state index in [0.717, 1.165) is 25.1 Å². The van der Waals surface area contributed by atoms with Crippen molar-refractivity contribution in [2.75, 3.05) is 11.4 Å². The Bertz CT molecular complexity index is 570. The van der Waals surface area contributed by atoms with Gasteiger partial charge in [-0.15, -0.1) is 0 Å². The predicted octanol–water partition coefficient (Wildman–Crippen LogP) is 2.85. The first-order chi connectivity index (χ1) is 9.28. The minimum Gasteiger partial charge on any atom is -0.360 e. The standard InChI is InChI=1S/C16H17FN2/c17-15-9-12(7-8-18)5-6-16(15)19-10-13-3-1-2-4-14(13)11-19/h1-6,9H,7-8,10-11,18H2. The zero-order valence-corrected chi connectivity index (χ0v) is 10.8. The van der Waals surface area contributed by atoms with Crippen LogP contribution in [0.25, 0.3) is 0 Å². The number of nitrogens with zero attached hydrogens (tertiary/aromatic N) is 1. The minimum absolute atomic E-state index is 0.154. The summed E-state index contributed by atoms with van der Waals surface area (Å²) >= 11 is 0. The SMILES string of the molecule is NCCc1ccc(N2Cc3ccccc3C2)c(F)c1. The van der Waals surface area contributed by atoms with Gasteiger partial charge in [0.05, 0.1) is 5.69 Å². The third-order valence-electron chi connectivity index (χ3n) is 3.63. The molecule has 0 amide bonds. The van der Waals surface area contributed by atoms with Gasteiger partial charge in [-0.3, -0.25) is 0 Å². The van der Waals surface area contributed by atoms with E-state index in [9.17, 15) is 4.39 Å². The highest BCUT2D eigenvalue weighted by atomic mass is 19.1. The van der Waals surface area contributed by atoms with Crippen LogP contribution < -0.4 is 10.6 Å². The molecule has 0 spiro atoms. The molecular formula is C16H17FN2. The third-order valence-corrected chi connectivity index (χ3v) is 3.63. The van der Waals surface area contributed by atoms with E-state index in [4.69, 9.17) is 5.73 Å². The van der Waals surface area contributed by atoms with E-state index in [1.165, 1.54) is 11.1 Å². The lowest BCUT2D eigenvalue weighted by Crippen LogP contribution is -2.16. The van der Waals surface area contributed by atoms with E-state index < -0.39 is 0 Å². The number of hydrogen-bond acceptors (Lipinski definition) is 2. The number of fused-ring (bicyclic) bond motifs is 1. The molecule has 0 saturated carbocycles. The van der Waals surface area contributed by atoms with Crippen LogP contribution in [0.15, 0.2) is 42.5 Å². The highest BCUT2D eigenvalue weighted by molar-refractivity contribution is 5.53. The van der Waals surface area contributed by atoms with Crippen molar-refractivity contribution in [1.82, 2.24) is 0 Å². The van der Waals surface area contributed by atoms with Crippen molar-refractivity contribution in [3.05, 3.63) is 65.0 Å². The Balaban J connectivity index is 1.85. The average molecular weight is 256 g/mol. The van der Waals surface area contributed by atoms with E-state index in [1.54, 1.807) is 6.07 Å². The van der Waals surface area contributed by atoms with Gasteiger partial charge < -0.3 is 10.6 Å². The second kappa shape index (κ2) is 5.02. The average Bonchev–Trinajstić information content (AvgIpc) is 2.82. The van der Waals surface area contributed by atoms with Crippen LogP contribution >= 0.6 is 0 Å². The van der Waals surface area contributed by atoms with Gasteiger partial charge in [0.25, 0.3) is 0 Å². The first kappa shape index (κ1) is 12.2. The fourth-order valence-electron chi connectivity index (χ4n) is 2.63. The van der Waals surface area contributed by atoms with Crippen molar-refractivity contribution in [2.45, 2.75) is 19.5 Å². The summed E-state index contributed by atoms with van der Waals surface area (Å²) in [5, 5.41) is 0. The Morgan fingerprint density at radius 1 is 1.05 bits per heavy atom. The molecule has 3 rings (SSSR count). The zero-order chi connectivity index (χ0) is 13.2. The summed E-state index contributed by atoms with van der Waals surface area (Å²) in [4.78, 5) is 2.08. The molecule has 0 aliphatic carbocycles. The molecule has 0 unspecified atom stereocenters. The normalized spacial score (nSPS) is 13.7. The Morgan fingerprint density at radius 2 is 1.74 bits per heavy atom. The Morgan fingerprint density at radius 3 is 2.32 bits per heavy atom. The molecule has 0 radical (unpaired) electrons. The van der Waals surface area contributed by atoms with Gasteiger partial charge in [-0.1, -0.05) is 30.3 Å². The van der Waals surface area contributed by atoms with Gasteiger partial charge in [0.2, 0.25) is 0 Å². The maximum absolute atomic E-state index is 14.2. The number of hydrogen-bond donors (Lipinski definition) is 1. The third kappa shape index (κ3) is 2.34. The number of halogens is 1. The minimum atomic E-state index is -0.154. The quantitative estimate of drug-likeness (QED) is 0.915. The van der Waals surface area contributed by atoms with Crippen LogP contribution in [-0.2, 0) is 19.5 Å². The molecule has 2 nitrogen and oxygen atoms in total.